The molecule has 1 N–H and O–H groups in total. The fourth-order valence-corrected chi connectivity index (χ4v) is 1.90. The zero-order chi connectivity index (χ0) is 13.8. The van der Waals surface area contributed by atoms with Crippen molar-refractivity contribution in [3.8, 4) is 0 Å². The minimum atomic E-state index is -0.430. The highest BCUT2D eigenvalue weighted by atomic mass is 16.6. The zero-order valence-electron chi connectivity index (χ0n) is 10.5. The van der Waals surface area contributed by atoms with Crippen LogP contribution >= 0.6 is 0 Å². The molecule has 0 fully saturated rings. The second-order valence-electron chi connectivity index (χ2n) is 4.08. The number of aliphatic hydroxyl groups excluding tert-OH is 1. The molecule has 0 aliphatic carbocycles. The quantitative estimate of drug-likeness (QED) is 0.647. The molecule has 0 bridgehead atoms. The number of benzene rings is 1. The van der Waals surface area contributed by atoms with E-state index in [9.17, 15) is 10.1 Å². The number of nitrogens with zero attached hydrogens (tertiary/aromatic N) is 4. The van der Waals surface area contributed by atoms with Crippen LogP contribution in [-0.4, -0.2) is 25.0 Å². The molecule has 1 aromatic carbocycles. The van der Waals surface area contributed by atoms with E-state index >= 15 is 0 Å². The van der Waals surface area contributed by atoms with Gasteiger partial charge in [0, 0.05) is 12.1 Å². The van der Waals surface area contributed by atoms with Crippen molar-refractivity contribution in [3.63, 3.8) is 0 Å². The molecule has 0 radical (unpaired) electrons. The maximum atomic E-state index is 10.6. The summed E-state index contributed by atoms with van der Waals surface area (Å²) in [5.41, 5.74) is 2.41. The SMILES string of the molecule is CCc1c(CO)nnn1Cc1ccc([N+](=O)[O-])cc1. The van der Waals surface area contributed by atoms with E-state index in [-0.39, 0.29) is 12.3 Å². The molecule has 2 rings (SSSR count). The smallest absolute Gasteiger partial charge is 0.269 e. The average Bonchev–Trinajstić information content (AvgIpc) is 2.81. The summed E-state index contributed by atoms with van der Waals surface area (Å²) in [5.74, 6) is 0. The molecule has 2 aromatic rings. The average molecular weight is 262 g/mol. The first kappa shape index (κ1) is 13.2. The lowest BCUT2D eigenvalue weighted by Crippen LogP contribution is -2.06. The molecular weight excluding hydrogens is 248 g/mol. The number of aliphatic hydroxyl groups is 1. The van der Waals surface area contributed by atoms with E-state index in [0.717, 1.165) is 17.7 Å². The Morgan fingerprint density at radius 3 is 2.58 bits per heavy atom. The Morgan fingerprint density at radius 2 is 2.05 bits per heavy atom. The third-order valence-corrected chi connectivity index (χ3v) is 2.88. The summed E-state index contributed by atoms with van der Waals surface area (Å²) in [6.45, 7) is 2.31. The Morgan fingerprint density at radius 1 is 1.37 bits per heavy atom. The number of aromatic nitrogens is 3. The fourth-order valence-electron chi connectivity index (χ4n) is 1.90. The number of nitro groups is 1. The fraction of sp³-hybridized carbons (Fsp3) is 0.333. The monoisotopic (exact) mass is 262 g/mol. The topological polar surface area (TPSA) is 94.1 Å². The van der Waals surface area contributed by atoms with Crippen LogP contribution in [0.3, 0.4) is 0 Å². The molecule has 0 spiro atoms. The molecule has 0 atom stereocenters. The molecular formula is C12H14N4O3. The highest BCUT2D eigenvalue weighted by molar-refractivity contribution is 5.33. The van der Waals surface area contributed by atoms with Gasteiger partial charge in [0.05, 0.1) is 23.8 Å². The second-order valence-corrected chi connectivity index (χ2v) is 4.08. The summed E-state index contributed by atoms with van der Waals surface area (Å²) in [7, 11) is 0. The van der Waals surface area contributed by atoms with Gasteiger partial charge < -0.3 is 5.11 Å². The Kier molecular flexibility index (Phi) is 3.86. The Bertz CT molecular complexity index is 577. The summed E-state index contributed by atoms with van der Waals surface area (Å²) >= 11 is 0. The molecule has 19 heavy (non-hydrogen) atoms. The van der Waals surface area contributed by atoms with Gasteiger partial charge in [-0.3, -0.25) is 10.1 Å². The van der Waals surface area contributed by atoms with Gasteiger partial charge in [-0.15, -0.1) is 5.10 Å². The third kappa shape index (κ3) is 2.76. The Balaban J connectivity index is 2.21. The van der Waals surface area contributed by atoms with Crippen LogP contribution in [0, 0.1) is 10.1 Å². The van der Waals surface area contributed by atoms with Crippen molar-refractivity contribution in [3.05, 3.63) is 51.3 Å². The highest BCUT2D eigenvalue weighted by Crippen LogP contribution is 2.14. The maximum absolute atomic E-state index is 10.6. The molecule has 0 unspecified atom stereocenters. The van der Waals surface area contributed by atoms with Crippen LogP contribution in [0.4, 0.5) is 5.69 Å². The second kappa shape index (κ2) is 5.57. The standard InChI is InChI=1S/C12H14N4O3/c1-2-12-11(8-17)13-14-15(12)7-9-3-5-10(6-4-9)16(18)19/h3-6,17H,2,7-8H2,1H3. The molecule has 0 amide bonds. The lowest BCUT2D eigenvalue weighted by atomic mass is 10.2. The molecule has 0 saturated carbocycles. The van der Waals surface area contributed by atoms with Crippen LogP contribution in [0.5, 0.6) is 0 Å². The van der Waals surface area contributed by atoms with Crippen molar-refractivity contribution in [1.29, 1.82) is 0 Å². The van der Waals surface area contributed by atoms with Gasteiger partial charge in [0.2, 0.25) is 0 Å². The van der Waals surface area contributed by atoms with Crippen LogP contribution in [0.25, 0.3) is 0 Å². The summed E-state index contributed by atoms with van der Waals surface area (Å²) in [6, 6.07) is 6.31. The highest BCUT2D eigenvalue weighted by Gasteiger charge is 2.11. The van der Waals surface area contributed by atoms with Gasteiger partial charge >= 0.3 is 0 Å². The maximum Gasteiger partial charge on any atom is 0.269 e. The lowest BCUT2D eigenvalue weighted by molar-refractivity contribution is -0.384. The first-order valence-electron chi connectivity index (χ1n) is 5.91. The van der Waals surface area contributed by atoms with E-state index < -0.39 is 4.92 Å². The summed E-state index contributed by atoms with van der Waals surface area (Å²) in [6.07, 6.45) is 0.718. The van der Waals surface area contributed by atoms with Gasteiger partial charge in [0.15, 0.2) is 0 Å². The van der Waals surface area contributed by atoms with Gasteiger partial charge in [0.1, 0.15) is 5.69 Å². The lowest BCUT2D eigenvalue weighted by Gasteiger charge is -2.05. The first-order valence-corrected chi connectivity index (χ1v) is 5.91. The van der Waals surface area contributed by atoms with Crippen molar-refractivity contribution >= 4 is 5.69 Å². The van der Waals surface area contributed by atoms with Crippen molar-refractivity contribution in [2.45, 2.75) is 26.5 Å². The van der Waals surface area contributed by atoms with E-state index in [0.29, 0.717) is 12.2 Å². The van der Waals surface area contributed by atoms with Crippen molar-refractivity contribution in [2.75, 3.05) is 0 Å². The van der Waals surface area contributed by atoms with E-state index in [2.05, 4.69) is 10.3 Å². The van der Waals surface area contributed by atoms with Gasteiger partial charge in [-0.05, 0) is 12.0 Å². The van der Waals surface area contributed by atoms with Gasteiger partial charge in [-0.2, -0.15) is 0 Å². The van der Waals surface area contributed by atoms with E-state index in [1.165, 1.54) is 12.1 Å². The predicted molar refractivity (Wildman–Crippen MR) is 67.5 cm³/mol. The van der Waals surface area contributed by atoms with E-state index in [1.54, 1.807) is 16.8 Å². The van der Waals surface area contributed by atoms with Crippen LogP contribution in [-0.2, 0) is 19.6 Å². The molecule has 7 heteroatoms. The summed E-state index contributed by atoms with van der Waals surface area (Å²) in [5, 5.41) is 27.6. The van der Waals surface area contributed by atoms with Gasteiger partial charge in [-0.25, -0.2) is 4.68 Å². The molecule has 7 nitrogen and oxygen atoms in total. The summed E-state index contributed by atoms with van der Waals surface area (Å²) in [4.78, 5) is 10.1. The molecule has 0 saturated heterocycles. The number of rotatable bonds is 5. The zero-order valence-corrected chi connectivity index (χ0v) is 10.5. The Hall–Kier alpha value is -2.28. The normalized spacial score (nSPS) is 10.6. The minimum absolute atomic E-state index is 0.0640. The number of nitro benzene ring substituents is 1. The van der Waals surface area contributed by atoms with Crippen LogP contribution in [0.1, 0.15) is 23.9 Å². The van der Waals surface area contributed by atoms with Crippen molar-refractivity contribution < 1.29 is 10.0 Å². The summed E-state index contributed by atoms with van der Waals surface area (Å²) < 4.78 is 1.70. The van der Waals surface area contributed by atoms with Crippen molar-refractivity contribution in [2.24, 2.45) is 0 Å². The number of non-ortho nitro benzene ring substituents is 1. The number of hydrogen-bond donors (Lipinski definition) is 1. The van der Waals surface area contributed by atoms with E-state index in [1.807, 2.05) is 6.92 Å². The van der Waals surface area contributed by atoms with Gasteiger partial charge in [0.25, 0.3) is 5.69 Å². The van der Waals surface area contributed by atoms with Crippen LogP contribution in [0.2, 0.25) is 0 Å². The molecule has 0 aliphatic heterocycles. The van der Waals surface area contributed by atoms with Crippen LogP contribution in [0.15, 0.2) is 24.3 Å². The van der Waals surface area contributed by atoms with Crippen molar-refractivity contribution in [1.82, 2.24) is 15.0 Å². The van der Waals surface area contributed by atoms with E-state index in [4.69, 9.17) is 5.11 Å². The van der Waals surface area contributed by atoms with Crippen LogP contribution < -0.4 is 0 Å². The molecule has 1 aromatic heterocycles. The largest absolute Gasteiger partial charge is 0.390 e. The van der Waals surface area contributed by atoms with Gasteiger partial charge in [-0.1, -0.05) is 24.3 Å². The molecule has 1 heterocycles. The predicted octanol–water partition coefficient (Wildman–Crippen LogP) is 1.29. The first-order chi connectivity index (χ1) is 9.15. The minimum Gasteiger partial charge on any atom is -0.390 e. The Labute approximate surface area is 109 Å². The third-order valence-electron chi connectivity index (χ3n) is 2.88. The number of hydrogen-bond acceptors (Lipinski definition) is 5. The molecule has 100 valence electrons. The molecule has 0 aliphatic rings.